The molecule has 1 unspecified atom stereocenters. The van der Waals surface area contributed by atoms with Crippen molar-refractivity contribution in [2.24, 2.45) is 0 Å². The summed E-state index contributed by atoms with van der Waals surface area (Å²) in [6.07, 6.45) is 1.61. The van der Waals surface area contributed by atoms with Crippen LogP contribution >= 0.6 is 0 Å². The second-order valence-electron chi connectivity index (χ2n) is 4.76. The maximum atomic E-state index is 13.3. The van der Waals surface area contributed by atoms with Gasteiger partial charge in [-0.25, -0.2) is 9.18 Å². The highest BCUT2D eigenvalue weighted by molar-refractivity contribution is 6.04. The van der Waals surface area contributed by atoms with Crippen molar-refractivity contribution < 1.29 is 14.3 Å². The molecule has 2 aromatic rings. The van der Waals surface area contributed by atoms with Crippen LogP contribution in [0.4, 0.5) is 4.39 Å². The van der Waals surface area contributed by atoms with Gasteiger partial charge in [0.15, 0.2) is 0 Å². The van der Waals surface area contributed by atoms with Crippen molar-refractivity contribution in [3.63, 3.8) is 0 Å². The van der Waals surface area contributed by atoms with Crippen LogP contribution in [0.15, 0.2) is 18.2 Å². The van der Waals surface area contributed by atoms with Gasteiger partial charge in [0.2, 0.25) is 0 Å². The molecule has 1 aliphatic rings. The molecule has 0 fully saturated rings. The predicted octanol–water partition coefficient (Wildman–Crippen LogP) is 3.12. The third-order valence-corrected chi connectivity index (χ3v) is 3.59. The van der Waals surface area contributed by atoms with Gasteiger partial charge in [-0.1, -0.05) is 6.92 Å². The Kier molecular flexibility index (Phi) is 2.33. The lowest BCUT2D eigenvalue weighted by atomic mass is 10.0. The molecule has 1 atom stereocenters. The molecule has 1 aromatic carbocycles. The number of hydrogen-bond donors (Lipinski definition) is 1. The molecule has 0 aliphatic heterocycles. The Morgan fingerprint density at radius 2 is 2.28 bits per heavy atom. The summed E-state index contributed by atoms with van der Waals surface area (Å²) in [5.74, 6) is -1.16. The number of benzene rings is 1. The first-order chi connectivity index (χ1) is 8.58. The number of pyridine rings is 1. The second kappa shape index (κ2) is 3.77. The lowest BCUT2D eigenvalue weighted by Gasteiger charge is -2.10. The summed E-state index contributed by atoms with van der Waals surface area (Å²) >= 11 is 0. The third-order valence-electron chi connectivity index (χ3n) is 3.59. The minimum atomic E-state index is -1.00. The first-order valence-electron chi connectivity index (χ1n) is 5.93. The molecule has 0 radical (unpaired) electrons. The highest BCUT2D eigenvalue weighted by Crippen LogP contribution is 2.36. The Hall–Kier alpha value is -1.97. The summed E-state index contributed by atoms with van der Waals surface area (Å²) < 4.78 is 13.3. The van der Waals surface area contributed by atoms with Crippen molar-refractivity contribution in [1.82, 2.24) is 4.98 Å². The number of carboxylic acids is 1. The minimum absolute atomic E-state index is 0.221. The van der Waals surface area contributed by atoms with Crippen LogP contribution in [0.2, 0.25) is 0 Å². The van der Waals surface area contributed by atoms with E-state index >= 15 is 0 Å². The molecule has 4 heteroatoms. The van der Waals surface area contributed by atoms with Crippen LogP contribution in [-0.4, -0.2) is 16.1 Å². The van der Waals surface area contributed by atoms with Crippen molar-refractivity contribution in [3.8, 4) is 0 Å². The van der Waals surface area contributed by atoms with Gasteiger partial charge < -0.3 is 5.11 Å². The maximum absolute atomic E-state index is 13.3. The molecule has 1 aliphatic carbocycles. The van der Waals surface area contributed by atoms with Crippen molar-refractivity contribution >= 4 is 16.9 Å². The highest BCUT2D eigenvalue weighted by atomic mass is 19.1. The van der Waals surface area contributed by atoms with E-state index in [4.69, 9.17) is 0 Å². The van der Waals surface area contributed by atoms with E-state index in [0.29, 0.717) is 17.3 Å². The zero-order valence-electron chi connectivity index (χ0n) is 9.90. The standard InChI is InChI=1S/C14H12FNO2/c1-7-2-4-9-12(14(17)18)10-6-8(15)3-5-11(10)16-13(7)9/h3,5-7H,2,4H2,1H3,(H,17,18). The van der Waals surface area contributed by atoms with Gasteiger partial charge in [0.1, 0.15) is 5.82 Å². The number of nitrogens with zero attached hydrogens (tertiary/aromatic N) is 1. The van der Waals surface area contributed by atoms with E-state index in [0.717, 1.165) is 17.7 Å². The molecule has 0 bridgehead atoms. The fourth-order valence-corrected chi connectivity index (χ4v) is 2.70. The van der Waals surface area contributed by atoms with Gasteiger partial charge in [-0.3, -0.25) is 4.98 Å². The molecule has 18 heavy (non-hydrogen) atoms. The van der Waals surface area contributed by atoms with E-state index in [-0.39, 0.29) is 11.5 Å². The lowest BCUT2D eigenvalue weighted by molar-refractivity contribution is 0.0698. The van der Waals surface area contributed by atoms with Crippen LogP contribution < -0.4 is 0 Å². The molecule has 0 saturated carbocycles. The van der Waals surface area contributed by atoms with Crippen LogP contribution in [0, 0.1) is 5.82 Å². The van der Waals surface area contributed by atoms with Crippen LogP contribution in [-0.2, 0) is 6.42 Å². The van der Waals surface area contributed by atoms with Gasteiger partial charge in [0.25, 0.3) is 0 Å². The van der Waals surface area contributed by atoms with E-state index in [9.17, 15) is 14.3 Å². The van der Waals surface area contributed by atoms with Gasteiger partial charge in [-0.05, 0) is 42.5 Å². The average Bonchev–Trinajstić information content (AvgIpc) is 2.67. The first-order valence-corrected chi connectivity index (χ1v) is 5.93. The molecule has 0 saturated heterocycles. The molecular weight excluding hydrogens is 233 g/mol. The fraction of sp³-hybridized carbons (Fsp3) is 0.286. The van der Waals surface area contributed by atoms with Gasteiger partial charge in [-0.15, -0.1) is 0 Å². The topological polar surface area (TPSA) is 50.2 Å². The summed E-state index contributed by atoms with van der Waals surface area (Å²) in [6.45, 7) is 2.04. The molecule has 3 rings (SSSR count). The molecule has 1 N–H and O–H groups in total. The number of aromatic nitrogens is 1. The van der Waals surface area contributed by atoms with Crippen molar-refractivity contribution in [3.05, 3.63) is 40.8 Å². The number of rotatable bonds is 1. The summed E-state index contributed by atoms with van der Waals surface area (Å²) in [7, 11) is 0. The summed E-state index contributed by atoms with van der Waals surface area (Å²) in [6, 6.07) is 4.12. The molecule has 0 amide bonds. The maximum Gasteiger partial charge on any atom is 0.336 e. The highest BCUT2D eigenvalue weighted by Gasteiger charge is 2.27. The van der Waals surface area contributed by atoms with E-state index in [1.807, 2.05) is 6.92 Å². The van der Waals surface area contributed by atoms with Gasteiger partial charge >= 0.3 is 5.97 Å². The van der Waals surface area contributed by atoms with Crippen LogP contribution in [0.3, 0.4) is 0 Å². The molecule has 0 spiro atoms. The second-order valence-corrected chi connectivity index (χ2v) is 4.76. The van der Waals surface area contributed by atoms with Crippen molar-refractivity contribution in [2.75, 3.05) is 0 Å². The number of carbonyl (C=O) groups is 1. The zero-order chi connectivity index (χ0) is 12.9. The average molecular weight is 245 g/mol. The Labute approximate surface area is 103 Å². The molecule has 1 heterocycles. The summed E-state index contributed by atoms with van der Waals surface area (Å²) in [5.41, 5.74) is 2.40. The normalized spacial score (nSPS) is 18.0. The quantitative estimate of drug-likeness (QED) is 0.839. The number of aromatic carboxylic acids is 1. The van der Waals surface area contributed by atoms with E-state index < -0.39 is 11.8 Å². The molecule has 3 nitrogen and oxygen atoms in total. The Morgan fingerprint density at radius 1 is 1.50 bits per heavy atom. The van der Waals surface area contributed by atoms with Crippen LogP contribution in [0.25, 0.3) is 10.9 Å². The Balaban J connectivity index is 2.44. The summed E-state index contributed by atoms with van der Waals surface area (Å²) in [5, 5.41) is 9.77. The van der Waals surface area contributed by atoms with Crippen LogP contribution in [0.5, 0.6) is 0 Å². The van der Waals surface area contributed by atoms with E-state index in [1.165, 1.54) is 12.1 Å². The Bertz CT molecular complexity index is 666. The molecule has 1 aromatic heterocycles. The first kappa shape index (κ1) is 11.1. The van der Waals surface area contributed by atoms with Crippen LogP contribution in [0.1, 0.15) is 40.9 Å². The van der Waals surface area contributed by atoms with Crippen molar-refractivity contribution in [2.45, 2.75) is 25.7 Å². The lowest BCUT2D eigenvalue weighted by Crippen LogP contribution is -2.06. The largest absolute Gasteiger partial charge is 0.478 e. The number of halogens is 1. The molecular formula is C14H12FNO2. The number of fused-ring (bicyclic) bond motifs is 2. The van der Waals surface area contributed by atoms with Gasteiger partial charge in [0.05, 0.1) is 11.1 Å². The summed E-state index contributed by atoms with van der Waals surface area (Å²) in [4.78, 5) is 15.9. The minimum Gasteiger partial charge on any atom is -0.478 e. The fourth-order valence-electron chi connectivity index (χ4n) is 2.70. The predicted molar refractivity (Wildman–Crippen MR) is 65.4 cm³/mol. The zero-order valence-corrected chi connectivity index (χ0v) is 9.90. The van der Waals surface area contributed by atoms with Crippen molar-refractivity contribution in [1.29, 1.82) is 0 Å². The van der Waals surface area contributed by atoms with E-state index in [2.05, 4.69) is 4.98 Å². The third kappa shape index (κ3) is 1.49. The van der Waals surface area contributed by atoms with Gasteiger partial charge in [-0.2, -0.15) is 0 Å². The van der Waals surface area contributed by atoms with E-state index in [1.54, 1.807) is 6.07 Å². The number of carboxylic acid groups (broad SMARTS) is 1. The number of hydrogen-bond acceptors (Lipinski definition) is 2. The SMILES string of the molecule is CC1CCc2c1nc1ccc(F)cc1c2C(=O)O. The monoisotopic (exact) mass is 245 g/mol. The smallest absolute Gasteiger partial charge is 0.336 e. The Morgan fingerprint density at radius 3 is 3.00 bits per heavy atom. The van der Waals surface area contributed by atoms with Gasteiger partial charge in [0, 0.05) is 11.1 Å². The molecule has 92 valence electrons.